The van der Waals surface area contributed by atoms with E-state index in [0.717, 1.165) is 13.1 Å². The van der Waals surface area contributed by atoms with Crippen molar-refractivity contribution in [3.8, 4) is 0 Å². The van der Waals surface area contributed by atoms with Crippen molar-refractivity contribution in [3.05, 3.63) is 47.3 Å². The minimum atomic E-state index is -0.892. The summed E-state index contributed by atoms with van der Waals surface area (Å²) in [7, 11) is 1.70. The number of ether oxygens (including phenoxy) is 1. The number of aromatic nitrogens is 3. The number of β-amino-alcohol motifs (C(OH)–C–C–N with tert-alkyl or cyclic N) is 1. The van der Waals surface area contributed by atoms with Crippen LogP contribution in [0.1, 0.15) is 23.2 Å². The minimum absolute atomic E-state index is 0.577. The molecule has 1 saturated heterocycles. The number of nitrogens with zero attached hydrogens (tertiary/aromatic N) is 3. The quantitative estimate of drug-likeness (QED) is 0.860. The largest absolute Gasteiger partial charge is 0.382 e. The molecule has 1 unspecified atom stereocenters. The first-order valence-corrected chi connectivity index (χ1v) is 7.07. The number of likely N-dealkylation sites (tertiary alicyclic amines) is 1. The smallest absolute Gasteiger partial charge is 0.124 e. The summed E-state index contributed by atoms with van der Waals surface area (Å²) in [5, 5.41) is 21.0. The van der Waals surface area contributed by atoms with Crippen LogP contribution in [-0.4, -0.2) is 45.6 Å². The highest BCUT2D eigenvalue weighted by molar-refractivity contribution is 5.23. The van der Waals surface area contributed by atoms with Crippen molar-refractivity contribution in [2.45, 2.75) is 25.2 Å². The molecule has 112 valence electrons. The lowest BCUT2D eigenvalue weighted by Crippen LogP contribution is -2.31. The van der Waals surface area contributed by atoms with Crippen LogP contribution in [0.2, 0.25) is 0 Å². The molecule has 0 amide bonds. The molecular weight excluding hydrogens is 268 g/mol. The first kappa shape index (κ1) is 14.2. The fraction of sp³-hybridized carbons (Fsp3) is 0.467. The Morgan fingerprint density at radius 2 is 2.29 bits per heavy atom. The Morgan fingerprint density at radius 1 is 1.43 bits per heavy atom. The molecule has 6 heteroatoms. The summed E-state index contributed by atoms with van der Waals surface area (Å²) in [6.45, 7) is 2.86. The second-order valence-corrected chi connectivity index (χ2v) is 5.60. The topological polar surface area (TPSA) is 74.3 Å². The standard InChI is InChI=1S/C15H20N4O2/c1-21-10-13-4-2-3-12(7-13)9-19-6-5-15(20,11-19)14-8-16-18-17-14/h2-4,7-8,20H,5-6,9-11H2,1H3,(H,16,17,18). The van der Waals surface area contributed by atoms with Crippen LogP contribution < -0.4 is 0 Å². The van der Waals surface area contributed by atoms with E-state index in [1.807, 2.05) is 6.07 Å². The monoisotopic (exact) mass is 288 g/mol. The van der Waals surface area contributed by atoms with Gasteiger partial charge in [0, 0.05) is 26.7 Å². The van der Waals surface area contributed by atoms with Crippen LogP contribution in [0.3, 0.4) is 0 Å². The molecule has 1 aromatic carbocycles. The van der Waals surface area contributed by atoms with Crippen molar-refractivity contribution in [3.63, 3.8) is 0 Å². The number of methoxy groups -OCH3 is 1. The van der Waals surface area contributed by atoms with E-state index in [9.17, 15) is 5.11 Å². The highest BCUT2D eigenvalue weighted by Crippen LogP contribution is 2.30. The van der Waals surface area contributed by atoms with Gasteiger partial charge in [-0.05, 0) is 17.5 Å². The van der Waals surface area contributed by atoms with Crippen LogP contribution in [0.15, 0.2) is 30.5 Å². The summed E-state index contributed by atoms with van der Waals surface area (Å²) < 4.78 is 5.16. The van der Waals surface area contributed by atoms with Gasteiger partial charge in [-0.1, -0.05) is 24.3 Å². The minimum Gasteiger partial charge on any atom is -0.382 e. The Balaban J connectivity index is 1.66. The fourth-order valence-electron chi connectivity index (χ4n) is 2.88. The molecule has 1 aliphatic heterocycles. The van der Waals surface area contributed by atoms with Gasteiger partial charge in [-0.25, -0.2) is 0 Å². The molecule has 0 aliphatic carbocycles. The van der Waals surface area contributed by atoms with Gasteiger partial charge in [-0.3, -0.25) is 4.90 Å². The van der Waals surface area contributed by atoms with E-state index in [1.165, 1.54) is 11.1 Å². The van der Waals surface area contributed by atoms with E-state index in [-0.39, 0.29) is 0 Å². The number of benzene rings is 1. The van der Waals surface area contributed by atoms with E-state index >= 15 is 0 Å². The predicted molar refractivity (Wildman–Crippen MR) is 77.3 cm³/mol. The number of aliphatic hydroxyl groups is 1. The van der Waals surface area contributed by atoms with Gasteiger partial charge in [0.2, 0.25) is 0 Å². The summed E-state index contributed by atoms with van der Waals surface area (Å²) in [5.74, 6) is 0. The zero-order valence-electron chi connectivity index (χ0n) is 12.1. The zero-order valence-corrected chi connectivity index (χ0v) is 12.1. The maximum Gasteiger partial charge on any atom is 0.124 e. The number of nitrogens with one attached hydrogen (secondary N) is 1. The lowest BCUT2D eigenvalue weighted by Gasteiger charge is -2.21. The molecule has 2 heterocycles. The van der Waals surface area contributed by atoms with Crippen LogP contribution in [0.5, 0.6) is 0 Å². The Hall–Kier alpha value is -1.76. The van der Waals surface area contributed by atoms with Crippen molar-refractivity contribution in [1.29, 1.82) is 0 Å². The second-order valence-electron chi connectivity index (χ2n) is 5.60. The molecule has 1 atom stereocenters. The Kier molecular flexibility index (Phi) is 4.01. The van der Waals surface area contributed by atoms with Crippen molar-refractivity contribution in [2.24, 2.45) is 0 Å². The Labute approximate surface area is 123 Å². The highest BCUT2D eigenvalue weighted by Gasteiger charge is 2.39. The lowest BCUT2D eigenvalue weighted by molar-refractivity contribution is 0.0408. The molecule has 0 saturated carbocycles. The molecule has 1 fully saturated rings. The summed E-state index contributed by atoms with van der Waals surface area (Å²) in [5.41, 5.74) is 2.13. The van der Waals surface area contributed by atoms with Crippen LogP contribution in [0.4, 0.5) is 0 Å². The average Bonchev–Trinajstić information content (AvgIpc) is 3.11. The molecule has 3 rings (SSSR count). The Morgan fingerprint density at radius 3 is 3.05 bits per heavy atom. The van der Waals surface area contributed by atoms with Crippen LogP contribution in [0, 0.1) is 0 Å². The van der Waals surface area contributed by atoms with Crippen LogP contribution in [-0.2, 0) is 23.5 Å². The molecule has 1 aliphatic rings. The van der Waals surface area contributed by atoms with E-state index in [1.54, 1.807) is 13.3 Å². The molecule has 2 aromatic rings. The van der Waals surface area contributed by atoms with Crippen molar-refractivity contribution in [1.82, 2.24) is 20.3 Å². The third kappa shape index (κ3) is 3.12. The van der Waals surface area contributed by atoms with Gasteiger partial charge in [0.05, 0.1) is 12.8 Å². The van der Waals surface area contributed by atoms with Gasteiger partial charge in [0.15, 0.2) is 0 Å². The molecular formula is C15H20N4O2. The van der Waals surface area contributed by atoms with Gasteiger partial charge in [-0.15, -0.1) is 0 Å². The summed E-state index contributed by atoms with van der Waals surface area (Å²) in [6, 6.07) is 8.36. The molecule has 0 radical (unpaired) electrons. The fourth-order valence-corrected chi connectivity index (χ4v) is 2.88. The first-order chi connectivity index (χ1) is 10.2. The molecule has 0 bridgehead atoms. The molecule has 6 nitrogen and oxygen atoms in total. The molecule has 0 spiro atoms. The van der Waals surface area contributed by atoms with Gasteiger partial charge >= 0.3 is 0 Å². The van der Waals surface area contributed by atoms with Gasteiger partial charge in [0.1, 0.15) is 11.3 Å². The number of rotatable bonds is 5. The third-order valence-electron chi connectivity index (χ3n) is 3.93. The van der Waals surface area contributed by atoms with Gasteiger partial charge < -0.3 is 9.84 Å². The SMILES string of the molecule is COCc1cccc(CN2CCC(O)(c3cn[nH]n3)C2)c1. The van der Waals surface area contributed by atoms with E-state index in [4.69, 9.17) is 4.74 Å². The van der Waals surface area contributed by atoms with Gasteiger partial charge in [0.25, 0.3) is 0 Å². The van der Waals surface area contributed by atoms with E-state index in [2.05, 4.69) is 38.5 Å². The summed E-state index contributed by atoms with van der Waals surface area (Å²) >= 11 is 0. The normalized spacial score (nSPS) is 22.8. The number of hydrogen-bond acceptors (Lipinski definition) is 5. The molecule has 1 aromatic heterocycles. The van der Waals surface area contributed by atoms with Crippen molar-refractivity contribution in [2.75, 3.05) is 20.2 Å². The average molecular weight is 288 g/mol. The highest BCUT2D eigenvalue weighted by atomic mass is 16.5. The molecule has 21 heavy (non-hydrogen) atoms. The molecule has 2 N–H and O–H groups in total. The third-order valence-corrected chi connectivity index (χ3v) is 3.93. The summed E-state index contributed by atoms with van der Waals surface area (Å²) in [6.07, 6.45) is 2.28. The first-order valence-electron chi connectivity index (χ1n) is 7.07. The maximum absolute atomic E-state index is 10.7. The lowest BCUT2D eigenvalue weighted by atomic mass is 10.00. The van der Waals surface area contributed by atoms with Gasteiger partial charge in [-0.2, -0.15) is 15.4 Å². The van der Waals surface area contributed by atoms with Crippen LogP contribution in [0.25, 0.3) is 0 Å². The number of aromatic amines is 1. The van der Waals surface area contributed by atoms with E-state index < -0.39 is 5.60 Å². The van der Waals surface area contributed by atoms with Crippen molar-refractivity contribution < 1.29 is 9.84 Å². The Bertz CT molecular complexity index is 587. The van der Waals surface area contributed by atoms with E-state index in [0.29, 0.717) is 25.3 Å². The summed E-state index contributed by atoms with van der Waals surface area (Å²) in [4.78, 5) is 2.24. The van der Waals surface area contributed by atoms with Crippen molar-refractivity contribution >= 4 is 0 Å². The van der Waals surface area contributed by atoms with Crippen LogP contribution >= 0.6 is 0 Å². The predicted octanol–water partition coefficient (Wildman–Crippen LogP) is 1.04. The zero-order chi connectivity index (χ0) is 14.7. The number of H-pyrrole nitrogens is 1. The second kappa shape index (κ2) is 5.93. The maximum atomic E-state index is 10.7. The number of hydrogen-bond donors (Lipinski definition) is 2.